The van der Waals surface area contributed by atoms with Crippen LogP contribution in [0.15, 0.2) is 67.0 Å². The van der Waals surface area contributed by atoms with E-state index in [-0.39, 0.29) is 18.6 Å². The molecule has 1 unspecified atom stereocenters. The van der Waals surface area contributed by atoms with Gasteiger partial charge in [0.15, 0.2) is 0 Å². The molecule has 2 aromatic carbocycles. The molecule has 7 heteroatoms. The molecule has 0 aliphatic heterocycles. The van der Waals surface area contributed by atoms with Crippen molar-refractivity contribution in [2.24, 2.45) is 0 Å². The number of hydrogen-bond donors (Lipinski definition) is 1. The fourth-order valence-corrected chi connectivity index (χ4v) is 3.73. The predicted octanol–water partition coefficient (Wildman–Crippen LogP) is 4.73. The van der Waals surface area contributed by atoms with Gasteiger partial charge in [0.1, 0.15) is 29.5 Å². The molecule has 2 aromatic heterocycles. The summed E-state index contributed by atoms with van der Waals surface area (Å²) in [6, 6.07) is 16.4. The zero-order chi connectivity index (χ0) is 23.4. The Morgan fingerprint density at radius 1 is 1.06 bits per heavy atom. The standard InChI is InChI=1S/C26H27N3O4/c1-17-8-7-13-29-15-19(28-25(17)29)16-33-23-10-6-5-9-22(23)26(30)27-18(2)21-12-11-20(31-3)14-24(21)32-4/h5-15,18H,16H2,1-4H3,(H,27,30). The van der Waals surface area contributed by atoms with Crippen molar-refractivity contribution in [2.75, 3.05) is 14.2 Å². The second-order valence-electron chi connectivity index (χ2n) is 7.74. The highest BCUT2D eigenvalue weighted by atomic mass is 16.5. The van der Waals surface area contributed by atoms with Crippen LogP contribution in [0.25, 0.3) is 5.65 Å². The van der Waals surface area contributed by atoms with Crippen molar-refractivity contribution >= 4 is 11.6 Å². The lowest BCUT2D eigenvalue weighted by Crippen LogP contribution is -2.27. The van der Waals surface area contributed by atoms with Gasteiger partial charge in [-0.3, -0.25) is 4.79 Å². The van der Waals surface area contributed by atoms with Gasteiger partial charge in [-0.15, -0.1) is 0 Å². The van der Waals surface area contributed by atoms with Crippen LogP contribution in [0.5, 0.6) is 17.2 Å². The van der Waals surface area contributed by atoms with Crippen LogP contribution in [-0.2, 0) is 6.61 Å². The minimum Gasteiger partial charge on any atom is -0.497 e. The summed E-state index contributed by atoms with van der Waals surface area (Å²) in [5, 5.41) is 3.03. The summed E-state index contributed by atoms with van der Waals surface area (Å²) in [5.41, 5.74) is 4.08. The number of hydrogen-bond acceptors (Lipinski definition) is 5. The molecule has 33 heavy (non-hydrogen) atoms. The van der Waals surface area contributed by atoms with Crippen LogP contribution >= 0.6 is 0 Å². The molecule has 0 bridgehead atoms. The first kappa shape index (κ1) is 22.2. The van der Waals surface area contributed by atoms with Crippen molar-refractivity contribution < 1.29 is 19.0 Å². The van der Waals surface area contributed by atoms with Crippen LogP contribution in [0.1, 0.15) is 40.1 Å². The van der Waals surface area contributed by atoms with Crippen LogP contribution in [0, 0.1) is 6.92 Å². The summed E-state index contributed by atoms with van der Waals surface area (Å²) >= 11 is 0. The molecule has 4 aromatic rings. The third kappa shape index (κ3) is 4.77. The highest BCUT2D eigenvalue weighted by molar-refractivity contribution is 5.97. The van der Waals surface area contributed by atoms with Crippen LogP contribution in [-0.4, -0.2) is 29.5 Å². The van der Waals surface area contributed by atoms with E-state index in [0.717, 1.165) is 22.5 Å². The number of amides is 1. The Morgan fingerprint density at radius 3 is 2.64 bits per heavy atom. The average molecular weight is 446 g/mol. The van der Waals surface area contributed by atoms with Crippen LogP contribution in [0.2, 0.25) is 0 Å². The van der Waals surface area contributed by atoms with Crippen molar-refractivity contribution in [3.05, 3.63) is 89.4 Å². The van der Waals surface area contributed by atoms with Crippen molar-refractivity contribution in [1.29, 1.82) is 0 Å². The number of aryl methyl sites for hydroxylation is 1. The van der Waals surface area contributed by atoms with Gasteiger partial charge < -0.3 is 23.9 Å². The summed E-state index contributed by atoms with van der Waals surface area (Å²) in [6.45, 7) is 4.18. The molecule has 0 aliphatic rings. The number of nitrogens with one attached hydrogen (secondary N) is 1. The Labute approximate surface area is 192 Å². The Balaban J connectivity index is 1.49. The Morgan fingerprint density at radius 2 is 1.88 bits per heavy atom. The summed E-state index contributed by atoms with van der Waals surface area (Å²) in [5.74, 6) is 1.60. The Bertz CT molecular complexity index is 1280. The van der Waals surface area contributed by atoms with Crippen LogP contribution in [0.4, 0.5) is 0 Å². The van der Waals surface area contributed by atoms with E-state index in [1.807, 2.05) is 67.0 Å². The number of benzene rings is 2. The van der Waals surface area contributed by atoms with E-state index in [4.69, 9.17) is 14.2 Å². The van der Waals surface area contributed by atoms with E-state index in [2.05, 4.69) is 10.3 Å². The maximum atomic E-state index is 13.1. The fourth-order valence-electron chi connectivity index (χ4n) is 3.73. The lowest BCUT2D eigenvalue weighted by molar-refractivity contribution is 0.0935. The van der Waals surface area contributed by atoms with Gasteiger partial charge in [0.05, 0.1) is 31.5 Å². The topological polar surface area (TPSA) is 74.1 Å². The lowest BCUT2D eigenvalue weighted by Gasteiger charge is -2.19. The number of para-hydroxylation sites is 1. The monoisotopic (exact) mass is 445 g/mol. The number of imidazole rings is 1. The molecule has 0 saturated heterocycles. The van der Waals surface area contributed by atoms with E-state index in [1.54, 1.807) is 32.4 Å². The Kier molecular flexibility index (Phi) is 6.49. The maximum absolute atomic E-state index is 13.1. The first-order valence-corrected chi connectivity index (χ1v) is 10.7. The molecule has 2 heterocycles. The summed E-state index contributed by atoms with van der Waals surface area (Å²) < 4.78 is 18.7. The number of carbonyl (C=O) groups is 1. The van der Waals surface area contributed by atoms with E-state index >= 15 is 0 Å². The van der Waals surface area contributed by atoms with Gasteiger partial charge in [-0.2, -0.15) is 0 Å². The minimum absolute atomic E-state index is 0.234. The number of rotatable bonds is 8. The molecule has 0 aliphatic carbocycles. The fraction of sp³-hybridized carbons (Fsp3) is 0.231. The van der Waals surface area contributed by atoms with Crippen LogP contribution in [0.3, 0.4) is 0 Å². The average Bonchev–Trinajstić information content (AvgIpc) is 3.27. The summed E-state index contributed by atoms with van der Waals surface area (Å²) in [6.07, 6.45) is 3.89. The predicted molar refractivity (Wildman–Crippen MR) is 126 cm³/mol. The van der Waals surface area contributed by atoms with Crippen LogP contribution < -0.4 is 19.5 Å². The molecule has 0 fully saturated rings. The molecule has 4 rings (SSSR count). The third-order valence-corrected chi connectivity index (χ3v) is 5.49. The van der Waals surface area contributed by atoms with E-state index in [9.17, 15) is 4.79 Å². The van der Waals surface area contributed by atoms with Crippen molar-refractivity contribution in [3.63, 3.8) is 0 Å². The van der Waals surface area contributed by atoms with Gasteiger partial charge in [-0.25, -0.2) is 4.98 Å². The summed E-state index contributed by atoms with van der Waals surface area (Å²) in [7, 11) is 3.20. The SMILES string of the molecule is COc1ccc(C(C)NC(=O)c2ccccc2OCc2cn3cccc(C)c3n2)c(OC)c1. The molecule has 1 N–H and O–H groups in total. The van der Waals surface area contributed by atoms with E-state index in [0.29, 0.717) is 22.8 Å². The van der Waals surface area contributed by atoms with Crippen molar-refractivity contribution in [2.45, 2.75) is 26.5 Å². The minimum atomic E-state index is -0.284. The second-order valence-corrected chi connectivity index (χ2v) is 7.74. The Hall–Kier alpha value is -4.00. The molecule has 0 radical (unpaired) electrons. The zero-order valence-corrected chi connectivity index (χ0v) is 19.2. The number of carbonyl (C=O) groups excluding carboxylic acids is 1. The van der Waals surface area contributed by atoms with Crippen molar-refractivity contribution in [1.82, 2.24) is 14.7 Å². The van der Waals surface area contributed by atoms with E-state index < -0.39 is 0 Å². The smallest absolute Gasteiger partial charge is 0.255 e. The largest absolute Gasteiger partial charge is 0.497 e. The lowest BCUT2D eigenvalue weighted by atomic mass is 10.1. The summed E-state index contributed by atoms with van der Waals surface area (Å²) in [4.78, 5) is 17.7. The number of nitrogens with zero attached hydrogens (tertiary/aromatic N) is 2. The van der Waals surface area contributed by atoms with Gasteiger partial charge in [0.2, 0.25) is 0 Å². The number of methoxy groups -OCH3 is 2. The molecule has 7 nitrogen and oxygen atoms in total. The first-order valence-electron chi connectivity index (χ1n) is 10.7. The van der Waals surface area contributed by atoms with E-state index in [1.165, 1.54) is 0 Å². The van der Waals surface area contributed by atoms with Gasteiger partial charge in [0, 0.05) is 24.0 Å². The van der Waals surface area contributed by atoms with Gasteiger partial charge in [0.25, 0.3) is 5.91 Å². The normalized spacial score (nSPS) is 11.8. The quantitative estimate of drug-likeness (QED) is 0.424. The second kappa shape index (κ2) is 9.65. The molecule has 1 amide bonds. The maximum Gasteiger partial charge on any atom is 0.255 e. The molecule has 170 valence electrons. The highest BCUT2D eigenvalue weighted by Gasteiger charge is 2.19. The number of ether oxygens (including phenoxy) is 3. The molecule has 0 spiro atoms. The number of fused-ring (bicyclic) bond motifs is 1. The molecule has 0 saturated carbocycles. The zero-order valence-electron chi connectivity index (χ0n) is 19.2. The van der Waals surface area contributed by atoms with Gasteiger partial charge in [-0.05, 0) is 49.7 Å². The number of aromatic nitrogens is 2. The first-order chi connectivity index (χ1) is 16.0. The molecular formula is C26H27N3O4. The number of pyridine rings is 1. The molecular weight excluding hydrogens is 418 g/mol. The van der Waals surface area contributed by atoms with Crippen molar-refractivity contribution in [3.8, 4) is 17.2 Å². The third-order valence-electron chi connectivity index (χ3n) is 5.49. The highest BCUT2D eigenvalue weighted by Crippen LogP contribution is 2.30. The molecule has 1 atom stereocenters. The van der Waals surface area contributed by atoms with Gasteiger partial charge in [-0.1, -0.05) is 18.2 Å². The van der Waals surface area contributed by atoms with Gasteiger partial charge >= 0.3 is 0 Å².